The molecule has 1 amide bonds. The average molecular weight is 832 g/mol. The van der Waals surface area contributed by atoms with Crippen molar-refractivity contribution in [2.45, 2.75) is 236 Å². The van der Waals surface area contributed by atoms with Gasteiger partial charge in [0.05, 0.1) is 25.4 Å². The second kappa shape index (κ2) is 40.0. The standard InChI is InChI=1S/C50H89NO8/c1-3-5-7-9-11-13-14-15-16-17-18-19-20-21-22-23-24-25-26-27-28-29-30-32-34-36-38-40-46(54)51-43(44(53)39-37-35-33-31-12-10-8-6-4-2)42-58-50-49(57)48(56)47(55)45(41-52)59-50/h12,14-15,17-18,20-21,31,37,39,43-45,47-50,52-53,55-57H,3-11,13,16,19,22-30,32-36,38,40-42H2,1-2H3,(H,51,54)/b15-14-,18-17-,21-20-,31-12+,39-37+. The second-order valence-corrected chi connectivity index (χ2v) is 16.5. The molecule has 1 heterocycles. The van der Waals surface area contributed by atoms with Gasteiger partial charge in [-0.3, -0.25) is 4.79 Å². The molecule has 0 saturated carbocycles. The van der Waals surface area contributed by atoms with Gasteiger partial charge in [-0.25, -0.2) is 0 Å². The largest absolute Gasteiger partial charge is 0.394 e. The molecule has 7 atom stereocenters. The molecular formula is C50H89NO8. The summed E-state index contributed by atoms with van der Waals surface area (Å²) in [7, 11) is 0. The van der Waals surface area contributed by atoms with E-state index in [2.05, 4.69) is 67.8 Å². The topological polar surface area (TPSA) is 149 Å². The summed E-state index contributed by atoms with van der Waals surface area (Å²) in [6.45, 7) is 3.68. The Labute approximate surface area is 360 Å². The fourth-order valence-corrected chi connectivity index (χ4v) is 7.18. The van der Waals surface area contributed by atoms with Crippen LogP contribution in [0, 0.1) is 0 Å². The summed E-state index contributed by atoms with van der Waals surface area (Å²) in [6.07, 6.45) is 45.8. The number of ether oxygens (including phenoxy) is 2. The number of aliphatic hydroxyl groups is 5. The van der Waals surface area contributed by atoms with E-state index in [9.17, 15) is 30.3 Å². The average Bonchev–Trinajstić information content (AvgIpc) is 3.23. The molecule has 59 heavy (non-hydrogen) atoms. The maximum absolute atomic E-state index is 12.9. The van der Waals surface area contributed by atoms with Crippen molar-refractivity contribution in [1.29, 1.82) is 0 Å². The van der Waals surface area contributed by atoms with Crippen molar-refractivity contribution in [2.75, 3.05) is 13.2 Å². The molecule has 0 aliphatic carbocycles. The third kappa shape index (κ3) is 30.6. The minimum atomic E-state index is -1.57. The van der Waals surface area contributed by atoms with Gasteiger partial charge in [-0.1, -0.05) is 177 Å². The van der Waals surface area contributed by atoms with Crippen molar-refractivity contribution in [3.05, 3.63) is 60.8 Å². The van der Waals surface area contributed by atoms with E-state index >= 15 is 0 Å². The number of hydrogen-bond acceptors (Lipinski definition) is 8. The number of nitrogens with one attached hydrogen (secondary N) is 1. The summed E-state index contributed by atoms with van der Waals surface area (Å²) in [5, 5.41) is 54.0. The first-order valence-corrected chi connectivity index (χ1v) is 24.0. The van der Waals surface area contributed by atoms with E-state index in [1.165, 1.54) is 122 Å². The van der Waals surface area contributed by atoms with Crippen LogP contribution in [0.5, 0.6) is 0 Å². The van der Waals surface area contributed by atoms with Crippen LogP contribution in [-0.2, 0) is 14.3 Å². The quantitative estimate of drug-likeness (QED) is 0.0265. The molecule has 1 aliphatic rings. The van der Waals surface area contributed by atoms with Gasteiger partial charge >= 0.3 is 0 Å². The first-order valence-electron chi connectivity index (χ1n) is 24.0. The molecule has 0 bridgehead atoms. The molecule has 0 aromatic rings. The van der Waals surface area contributed by atoms with Crippen LogP contribution < -0.4 is 5.32 Å². The van der Waals surface area contributed by atoms with E-state index in [-0.39, 0.29) is 12.5 Å². The predicted octanol–water partition coefficient (Wildman–Crippen LogP) is 10.4. The number of rotatable bonds is 39. The zero-order chi connectivity index (χ0) is 43.0. The third-order valence-electron chi connectivity index (χ3n) is 11.1. The zero-order valence-corrected chi connectivity index (χ0v) is 37.5. The normalized spacial score (nSPS) is 21.2. The first kappa shape index (κ1) is 54.9. The van der Waals surface area contributed by atoms with Crippen LogP contribution in [0.3, 0.4) is 0 Å². The van der Waals surface area contributed by atoms with Crippen molar-refractivity contribution in [2.24, 2.45) is 0 Å². The molecule has 6 N–H and O–H groups in total. The third-order valence-corrected chi connectivity index (χ3v) is 11.1. The van der Waals surface area contributed by atoms with Crippen LogP contribution in [0.25, 0.3) is 0 Å². The van der Waals surface area contributed by atoms with Gasteiger partial charge in [0, 0.05) is 6.42 Å². The van der Waals surface area contributed by atoms with Crippen molar-refractivity contribution in [1.82, 2.24) is 5.32 Å². The van der Waals surface area contributed by atoms with Crippen molar-refractivity contribution in [3.8, 4) is 0 Å². The summed E-state index contributed by atoms with van der Waals surface area (Å²) >= 11 is 0. The minimum Gasteiger partial charge on any atom is -0.394 e. The highest BCUT2D eigenvalue weighted by Gasteiger charge is 2.44. The molecule has 1 saturated heterocycles. The highest BCUT2D eigenvalue weighted by atomic mass is 16.7. The van der Waals surface area contributed by atoms with Gasteiger partial charge in [0.15, 0.2) is 6.29 Å². The molecule has 0 radical (unpaired) electrons. The molecule has 1 aliphatic heterocycles. The van der Waals surface area contributed by atoms with Crippen LogP contribution in [0.15, 0.2) is 60.8 Å². The summed E-state index contributed by atoms with van der Waals surface area (Å²) < 4.78 is 11.2. The predicted molar refractivity (Wildman–Crippen MR) is 244 cm³/mol. The molecule has 7 unspecified atom stereocenters. The van der Waals surface area contributed by atoms with E-state index in [1.807, 2.05) is 6.08 Å². The zero-order valence-electron chi connectivity index (χ0n) is 37.5. The van der Waals surface area contributed by atoms with Crippen molar-refractivity contribution >= 4 is 5.91 Å². The lowest BCUT2D eigenvalue weighted by Crippen LogP contribution is -2.60. The minimum absolute atomic E-state index is 0.194. The van der Waals surface area contributed by atoms with Gasteiger partial charge in [-0.2, -0.15) is 0 Å². The monoisotopic (exact) mass is 832 g/mol. The molecule has 0 spiro atoms. The van der Waals surface area contributed by atoms with Crippen LogP contribution in [0.4, 0.5) is 0 Å². The highest BCUT2D eigenvalue weighted by molar-refractivity contribution is 5.76. The van der Waals surface area contributed by atoms with Crippen LogP contribution in [0.2, 0.25) is 0 Å². The van der Waals surface area contributed by atoms with Gasteiger partial charge in [-0.05, 0) is 70.6 Å². The Hall–Kier alpha value is -2.11. The summed E-state index contributed by atoms with van der Waals surface area (Å²) in [6, 6.07) is -0.822. The maximum atomic E-state index is 12.9. The molecule has 0 aromatic heterocycles. The van der Waals surface area contributed by atoms with Crippen molar-refractivity contribution < 1.29 is 39.8 Å². The Balaban J connectivity index is 2.20. The van der Waals surface area contributed by atoms with Crippen LogP contribution >= 0.6 is 0 Å². The molecule has 1 rings (SSSR count). The lowest BCUT2D eigenvalue weighted by Gasteiger charge is -2.40. The molecule has 0 aromatic carbocycles. The van der Waals surface area contributed by atoms with E-state index in [0.29, 0.717) is 6.42 Å². The fraction of sp³-hybridized carbons (Fsp3) is 0.780. The highest BCUT2D eigenvalue weighted by Crippen LogP contribution is 2.22. The molecule has 9 nitrogen and oxygen atoms in total. The Morgan fingerprint density at radius 2 is 1.02 bits per heavy atom. The molecule has 9 heteroatoms. The molecular weight excluding hydrogens is 743 g/mol. The van der Waals surface area contributed by atoms with Crippen molar-refractivity contribution in [3.63, 3.8) is 0 Å². The Kier molecular flexibility index (Phi) is 37.2. The molecule has 342 valence electrons. The number of allylic oxidation sites excluding steroid dienone is 9. The second-order valence-electron chi connectivity index (χ2n) is 16.5. The van der Waals surface area contributed by atoms with E-state index in [0.717, 1.165) is 51.4 Å². The van der Waals surface area contributed by atoms with Crippen LogP contribution in [0.1, 0.15) is 194 Å². The van der Waals surface area contributed by atoms with Gasteiger partial charge in [0.2, 0.25) is 5.91 Å². The van der Waals surface area contributed by atoms with E-state index in [4.69, 9.17) is 9.47 Å². The Morgan fingerprint density at radius 1 is 0.576 bits per heavy atom. The number of aliphatic hydroxyl groups excluding tert-OH is 5. The smallest absolute Gasteiger partial charge is 0.220 e. The summed E-state index contributed by atoms with van der Waals surface area (Å²) in [5.41, 5.74) is 0. The summed E-state index contributed by atoms with van der Waals surface area (Å²) in [5.74, 6) is -0.194. The van der Waals surface area contributed by atoms with Gasteiger partial charge in [0.1, 0.15) is 24.4 Å². The van der Waals surface area contributed by atoms with E-state index in [1.54, 1.807) is 6.08 Å². The number of hydrogen-bond donors (Lipinski definition) is 6. The molecule has 1 fully saturated rings. The fourth-order valence-electron chi connectivity index (χ4n) is 7.18. The van der Waals surface area contributed by atoms with Gasteiger partial charge in [-0.15, -0.1) is 0 Å². The Bertz CT molecular complexity index is 1100. The lowest BCUT2D eigenvalue weighted by atomic mass is 9.99. The van der Waals surface area contributed by atoms with Gasteiger partial charge < -0.3 is 40.3 Å². The number of unbranched alkanes of at least 4 members (excludes halogenated alkanes) is 21. The van der Waals surface area contributed by atoms with Gasteiger partial charge in [0.25, 0.3) is 0 Å². The maximum Gasteiger partial charge on any atom is 0.220 e. The summed E-state index contributed by atoms with van der Waals surface area (Å²) in [4.78, 5) is 12.9. The number of carbonyl (C=O) groups is 1. The number of amides is 1. The first-order chi connectivity index (χ1) is 28.8. The lowest BCUT2D eigenvalue weighted by molar-refractivity contribution is -0.302. The van der Waals surface area contributed by atoms with E-state index < -0.39 is 49.5 Å². The SMILES string of the molecule is CCCCC/C=C/CC/C=C/C(O)C(COC1OC(CO)C(O)C(O)C1O)NC(=O)CCCCCCCCCCCCCC/C=C\C/C=C\C/C=C\CCCCCCC. The van der Waals surface area contributed by atoms with Crippen LogP contribution in [-0.4, -0.2) is 87.5 Å². The number of carbonyl (C=O) groups excluding carboxylic acids is 1. The Morgan fingerprint density at radius 3 is 1.58 bits per heavy atom.